The third-order valence-electron chi connectivity index (χ3n) is 3.70. The van der Waals surface area contributed by atoms with Crippen LogP contribution in [0.4, 0.5) is 0 Å². The smallest absolute Gasteiger partial charge is 0.149 e. The minimum atomic E-state index is -0.576. The Morgan fingerprint density at radius 2 is 1.88 bits per heavy atom. The molecular formula is C14H20N2O. The second-order valence-electron chi connectivity index (χ2n) is 4.97. The van der Waals surface area contributed by atoms with Crippen molar-refractivity contribution in [3.63, 3.8) is 0 Å². The van der Waals surface area contributed by atoms with Gasteiger partial charge in [-0.25, -0.2) is 0 Å². The zero-order valence-corrected chi connectivity index (χ0v) is 10.4. The van der Waals surface area contributed by atoms with Crippen LogP contribution in [0.2, 0.25) is 0 Å². The molecule has 1 aromatic rings. The van der Waals surface area contributed by atoms with Crippen LogP contribution in [-0.2, 0) is 11.3 Å². The maximum atomic E-state index is 11.4. The molecule has 0 aromatic heterocycles. The first-order valence-electron chi connectivity index (χ1n) is 6.16. The molecule has 0 atom stereocenters. The molecule has 1 aliphatic heterocycles. The zero-order valence-electron chi connectivity index (χ0n) is 10.4. The Morgan fingerprint density at radius 1 is 1.29 bits per heavy atom. The highest BCUT2D eigenvalue weighted by Crippen LogP contribution is 2.21. The third kappa shape index (κ3) is 2.93. The van der Waals surface area contributed by atoms with Gasteiger partial charge in [-0.3, -0.25) is 9.69 Å². The number of hydrogen-bond acceptors (Lipinski definition) is 3. The Hall–Kier alpha value is -1.19. The van der Waals surface area contributed by atoms with Gasteiger partial charge in [-0.15, -0.1) is 0 Å². The van der Waals surface area contributed by atoms with E-state index in [1.807, 2.05) is 6.07 Å². The van der Waals surface area contributed by atoms with Crippen molar-refractivity contribution < 1.29 is 4.79 Å². The highest BCUT2D eigenvalue weighted by atomic mass is 16.1. The Kier molecular flexibility index (Phi) is 3.60. The van der Waals surface area contributed by atoms with Crippen LogP contribution >= 0.6 is 0 Å². The molecule has 3 nitrogen and oxygen atoms in total. The minimum Gasteiger partial charge on any atom is -0.319 e. The average Bonchev–Trinajstić information content (AvgIpc) is 2.33. The summed E-state index contributed by atoms with van der Waals surface area (Å²) in [6.45, 7) is 4.37. The van der Waals surface area contributed by atoms with Gasteiger partial charge in [-0.05, 0) is 25.3 Å². The number of hydrogen-bond donors (Lipinski definition) is 1. The predicted molar refractivity (Wildman–Crippen MR) is 68.6 cm³/mol. The summed E-state index contributed by atoms with van der Waals surface area (Å²) in [4.78, 5) is 13.8. The Bertz CT molecular complexity index is 380. The molecule has 17 heavy (non-hydrogen) atoms. The molecule has 2 rings (SSSR count). The number of piperidine rings is 1. The van der Waals surface area contributed by atoms with Crippen LogP contribution < -0.4 is 5.73 Å². The number of benzene rings is 1. The van der Waals surface area contributed by atoms with Crippen LogP contribution in [0.25, 0.3) is 0 Å². The Balaban J connectivity index is 1.90. The molecule has 2 N–H and O–H groups in total. The molecule has 0 spiro atoms. The standard InChI is InChI=1S/C14H20N2O/c1-12(17)14(15)7-9-16(10-8-14)11-13-5-3-2-4-6-13/h2-6H,7-11,15H2,1H3. The van der Waals surface area contributed by atoms with E-state index < -0.39 is 5.54 Å². The first-order chi connectivity index (χ1) is 8.10. The highest BCUT2D eigenvalue weighted by Gasteiger charge is 2.34. The van der Waals surface area contributed by atoms with E-state index in [2.05, 4.69) is 29.2 Å². The summed E-state index contributed by atoms with van der Waals surface area (Å²) >= 11 is 0. The molecule has 1 fully saturated rings. The SMILES string of the molecule is CC(=O)C1(N)CCN(Cc2ccccc2)CC1. The van der Waals surface area contributed by atoms with Crippen LogP contribution in [0.3, 0.4) is 0 Å². The second-order valence-corrected chi connectivity index (χ2v) is 4.97. The van der Waals surface area contributed by atoms with Crippen molar-refractivity contribution in [2.75, 3.05) is 13.1 Å². The summed E-state index contributed by atoms with van der Waals surface area (Å²) in [5.41, 5.74) is 6.82. The maximum absolute atomic E-state index is 11.4. The van der Waals surface area contributed by atoms with Gasteiger partial charge in [0.1, 0.15) is 5.78 Å². The quantitative estimate of drug-likeness (QED) is 0.860. The zero-order chi connectivity index (χ0) is 12.3. The van der Waals surface area contributed by atoms with Crippen molar-refractivity contribution in [3.05, 3.63) is 35.9 Å². The van der Waals surface area contributed by atoms with Gasteiger partial charge in [-0.2, -0.15) is 0 Å². The number of ketones is 1. The number of carbonyl (C=O) groups excluding carboxylic acids is 1. The largest absolute Gasteiger partial charge is 0.319 e. The van der Waals surface area contributed by atoms with E-state index >= 15 is 0 Å². The van der Waals surface area contributed by atoms with Crippen molar-refractivity contribution in [2.45, 2.75) is 31.8 Å². The van der Waals surface area contributed by atoms with E-state index in [4.69, 9.17) is 5.73 Å². The lowest BCUT2D eigenvalue weighted by molar-refractivity contribution is -0.123. The van der Waals surface area contributed by atoms with E-state index in [1.54, 1.807) is 6.92 Å². The van der Waals surface area contributed by atoms with Crippen LogP contribution in [-0.4, -0.2) is 29.3 Å². The highest BCUT2D eigenvalue weighted by molar-refractivity contribution is 5.85. The molecule has 0 bridgehead atoms. The molecule has 0 aliphatic carbocycles. The van der Waals surface area contributed by atoms with Gasteiger partial charge in [0.25, 0.3) is 0 Å². The number of nitrogens with zero attached hydrogens (tertiary/aromatic N) is 1. The van der Waals surface area contributed by atoms with Gasteiger partial charge in [-0.1, -0.05) is 30.3 Å². The van der Waals surface area contributed by atoms with Crippen LogP contribution in [0.1, 0.15) is 25.3 Å². The molecule has 92 valence electrons. The van der Waals surface area contributed by atoms with Gasteiger partial charge in [0, 0.05) is 19.6 Å². The summed E-state index contributed by atoms with van der Waals surface area (Å²) in [5, 5.41) is 0. The molecule has 1 aliphatic rings. The molecule has 1 saturated heterocycles. The van der Waals surface area contributed by atoms with Crippen molar-refractivity contribution in [3.8, 4) is 0 Å². The van der Waals surface area contributed by atoms with Gasteiger partial charge >= 0.3 is 0 Å². The minimum absolute atomic E-state index is 0.122. The average molecular weight is 232 g/mol. The van der Waals surface area contributed by atoms with Crippen LogP contribution in [0.5, 0.6) is 0 Å². The van der Waals surface area contributed by atoms with E-state index in [0.29, 0.717) is 0 Å². The summed E-state index contributed by atoms with van der Waals surface area (Å²) in [7, 11) is 0. The lowest BCUT2D eigenvalue weighted by atomic mass is 9.85. The fourth-order valence-corrected chi connectivity index (χ4v) is 2.30. The predicted octanol–water partition coefficient (Wildman–Crippen LogP) is 1.57. The van der Waals surface area contributed by atoms with Crippen LogP contribution in [0, 0.1) is 0 Å². The van der Waals surface area contributed by atoms with Crippen molar-refractivity contribution in [1.29, 1.82) is 0 Å². The molecule has 3 heteroatoms. The van der Waals surface area contributed by atoms with E-state index in [9.17, 15) is 4.79 Å². The molecule has 1 aromatic carbocycles. The lowest BCUT2D eigenvalue weighted by Crippen LogP contribution is -2.54. The molecule has 1 heterocycles. The van der Waals surface area contributed by atoms with E-state index in [-0.39, 0.29) is 5.78 Å². The summed E-state index contributed by atoms with van der Waals surface area (Å²) in [6.07, 6.45) is 1.55. The summed E-state index contributed by atoms with van der Waals surface area (Å²) < 4.78 is 0. The fourth-order valence-electron chi connectivity index (χ4n) is 2.30. The van der Waals surface area contributed by atoms with Gasteiger partial charge in [0.05, 0.1) is 5.54 Å². The van der Waals surface area contributed by atoms with Crippen molar-refractivity contribution >= 4 is 5.78 Å². The number of nitrogens with two attached hydrogens (primary N) is 1. The summed E-state index contributed by atoms with van der Waals surface area (Å²) in [6, 6.07) is 10.4. The third-order valence-corrected chi connectivity index (χ3v) is 3.70. The number of likely N-dealkylation sites (tertiary alicyclic amines) is 1. The molecule has 0 radical (unpaired) electrons. The Morgan fingerprint density at radius 3 is 2.41 bits per heavy atom. The number of Topliss-reactive ketones (excluding diaryl/α,β-unsaturated/α-hetero) is 1. The maximum Gasteiger partial charge on any atom is 0.149 e. The number of carbonyl (C=O) groups is 1. The molecule has 0 amide bonds. The first-order valence-corrected chi connectivity index (χ1v) is 6.16. The monoisotopic (exact) mass is 232 g/mol. The van der Waals surface area contributed by atoms with Crippen molar-refractivity contribution in [1.82, 2.24) is 4.90 Å². The molecular weight excluding hydrogens is 212 g/mol. The fraction of sp³-hybridized carbons (Fsp3) is 0.500. The van der Waals surface area contributed by atoms with Crippen molar-refractivity contribution in [2.24, 2.45) is 5.73 Å². The topological polar surface area (TPSA) is 46.3 Å². The van der Waals surface area contributed by atoms with E-state index in [0.717, 1.165) is 32.5 Å². The van der Waals surface area contributed by atoms with Gasteiger partial charge in [0.2, 0.25) is 0 Å². The molecule has 0 saturated carbocycles. The lowest BCUT2D eigenvalue weighted by Gasteiger charge is -2.37. The first kappa shape index (κ1) is 12.3. The normalized spacial score (nSPS) is 20.1. The Labute approximate surface area is 103 Å². The van der Waals surface area contributed by atoms with E-state index in [1.165, 1.54) is 5.56 Å². The second kappa shape index (κ2) is 4.98. The summed E-state index contributed by atoms with van der Waals surface area (Å²) in [5.74, 6) is 0.122. The van der Waals surface area contributed by atoms with Crippen LogP contribution in [0.15, 0.2) is 30.3 Å². The van der Waals surface area contributed by atoms with Gasteiger partial charge < -0.3 is 5.73 Å². The molecule has 0 unspecified atom stereocenters. The van der Waals surface area contributed by atoms with Gasteiger partial charge in [0.15, 0.2) is 0 Å². The number of rotatable bonds is 3.